The number of benzene rings is 2. The van der Waals surface area contributed by atoms with Gasteiger partial charge in [-0.15, -0.1) is 0 Å². The molecule has 2 rings (SSSR count). The maximum atomic E-state index is 11.9. The first-order valence-corrected chi connectivity index (χ1v) is 7.27. The number of nitrogens with one attached hydrogen (secondary N) is 2. The first-order valence-electron chi connectivity index (χ1n) is 6.20. The zero-order chi connectivity index (χ0) is 15.4. The van der Waals surface area contributed by atoms with Crippen molar-refractivity contribution < 1.29 is 9.59 Å². The summed E-state index contributed by atoms with van der Waals surface area (Å²) in [5, 5.41) is 5.03. The van der Waals surface area contributed by atoms with Gasteiger partial charge in [-0.2, -0.15) is 0 Å². The average molecular weight is 395 g/mol. The van der Waals surface area contributed by atoms with Crippen LogP contribution in [-0.2, 0) is 9.59 Å². The predicted molar refractivity (Wildman–Crippen MR) is 92.0 cm³/mol. The Labute approximate surface area is 136 Å². The second kappa shape index (κ2) is 6.57. The van der Waals surface area contributed by atoms with Crippen LogP contribution in [0.4, 0.5) is 17.1 Å². The van der Waals surface area contributed by atoms with Gasteiger partial charge in [0, 0.05) is 9.26 Å². The van der Waals surface area contributed by atoms with Gasteiger partial charge in [0.2, 0.25) is 0 Å². The van der Waals surface area contributed by atoms with Crippen molar-refractivity contribution >= 4 is 51.5 Å². The minimum Gasteiger partial charge on any atom is -0.397 e. The molecular formula is C15H14IN3O2. The van der Waals surface area contributed by atoms with E-state index >= 15 is 0 Å². The number of hydrogen-bond acceptors (Lipinski definition) is 3. The summed E-state index contributed by atoms with van der Waals surface area (Å²) in [6.07, 6.45) is 0. The summed E-state index contributed by atoms with van der Waals surface area (Å²) in [7, 11) is 0. The number of nitrogens with two attached hydrogens (primary N) is 1. The molecule has 5 nitrogen and oxygen atoms in total. The van der Waals surface area contributed by atoms with Crippen LogP contribution in [0.5, 0.6) is 0 Å². The summed E-state index contributed by atoms with van der Waals surface area (Å²) < 4.78 is 1.04. The third-order valence-corrected chi connectivity index (χ3v) is 3.48. The van der Waals surface area contributed by atoms with Crippen LogP contribution in [0.1, 0.15) is 5.56 Å². The van der Waals surface area contributed by atoms with Gasteiger partial charge < -0.3 is 16.4 Å². The highest BCUT2D eigenvalue weighted by atomic mass is 127. The quantitative estimate of drug-likeness (QED) is 0.416. The SMILES string of the molecule is Cc1ccc(N)c(NC(=O)C(=O)Nc2ccc(I)cc2)c1. The molecule has 6 heteroatoms. The molecule has 21 heavy (non-hydrogen) atoms. The van der Waals surface area contributed by atoms with Gasteiger partial charge in [0.25, 0.3) is 0 Å². The smallest absolute Gasteiger partial charge is 0.314 e. The zero-order valence-corrected chi connectivity index (χ0v) is 13.5. The summed E-state index contributed by atoms with van der Waals surface area (Å²) in [5.74, 6) is -1.50. The maximum Gasteiger partial charge on any atom is 0.314 e. The minimum atomic E-state index is -0.758. The van der Waals surface area contributed by atoms with Crippen molar-refractivity contribution in [3.05, 3.63) is 51.6 Å². The fourth-order valence-electron chi connectivity index (χ4n) is 1.68. The Bertz CT molecular complexity index is 684. The third kappa shape index (κ3) is 4.19. The molecule has 0 bridgehead atoms. The molecule has 0 saturated heterocycles. The van der Waals surface area contributed by atoms with Gasteiger partial charge in [-0.05, 0) is 71.5 Å². The fourth-order valence-corrected chi connectivity index (χ4v) is 2.04. The van der Waals surface area contributed by atoms with Crippen LogP contribution < -0.4 is 16.4 Å². The van der Waals surface area contributed by atoms with Gasteiger partial charge in [0.05, 0.1) is 11.4 Å². The summed E-state index contributed by atoms with van der Waals surface area (Å²) in [5.41, 5.74) is 8.11. The molecule has 0 atom stereocenters. The molecule has 4 N–H and O–H groups in total. The number of aryl methyl sites for hydroxylation is 1. The number of nitrogen functional groups attached to an aromatic ring is 1. The normalized spacial score (nSPS) is 10.0. The average Bonchev–Trinajstić information content (AvgIpc) is 2.45. The molecule has 0 aromatic heterocycles. The number of carbonyl (C=O) groups excluding carboxylic acids is 2. The van der Waals surface area contributed by atoms with Crippen molar-refractivity contribution in [3.8, 4) is 0 Å². The van der Waals surface area contributed by atoms with E-state index in [1.54, 1.807) is 24.3 Å². The Kier molecular flexibility index (Phi) is 4.79. The van der Waals surface area contributed by atoms with Crippen LogP contribution in [0.3, 0.4) is 0 Å². The Hall–Kier alpha value is -2.09. The number of halogens is 1. The molecule has 0 spiro atoms. The molecule has 0 aliphatic carbocycles. The van der Waals surface area contributed by atoms with Crippen LogP contribution in [0.15, 0.2) is 42.5 Å². The van der Waals surface area contributed by atoms with E-state index in [2.05, 4.69) is 33.2 Å². The largest absolute Gasteiger partial charge is 0.397 e. The molecule has 2 aromatic carbocycles. The lowest BCUT2D eigenvalue weighted by Gasteiger charge is -2.09. The second-order valence-electron chi connectivity index (χ2n) is 4.51. The first-order chi connectivity index (χ1) is 9.95. The monoisotopic (exact) mass is 395 g/mol. The number of amides is 2. The topological polar surface area (TPSA) is 84.2 Å². The molecule has 0 fully saturated rings. The van der Waals surface area contributed by atoms with E-state index < -0.39 is 11.8 Å². The van der Waals surface area contributed by atoms with Crippen molar-refractivity contribution in [2.45, 2.75) is 6.92 Å². The lowest BCUT2D eigenvalue weighted by Crippen LogP contribution is -2.29. The Morgan fingerprint density at radius 3 is 2.29 bits per heavy atom. The molecule has 108 valence electrons. The molecule has 2 amide bonds. The molecule has 0 heterocycles. The Morgan fingerprint density at radius 2 is 1.62 bits per heavy atom. The summed E-state index contributed by atoms with van der Waals surface area (Å²) in [6.45, 7) is 1.88. The van der Waals surface area contributed by atoms with Crippen molar-refractivity contribution in [3.63, 3.8) is 0 Å². The van der Waals surface area contributed by atoms with Gasteiger partial charge in [0.1, 0.15) is 0 Å². The highest BCUT2D eigenvalue weighted by molar-refractivity contribution is 14.1. The van der Waals surface area contributed by atoms with Gasteiger partial charge >= 0.3 is 11.8 Å². The van der Waals surface area contributed by atoms with Crippen LogP contribution in [0, 0.1) is 10.5 Å². The Balaban J connectivity index is 2.04. The van der Waals surface area contributed by atoms with Crippen molar-refractivity contribution in [2.75, 3.05) is 16.4 Å². The lowest BCUT2D eigenvalue weighted by atomic mass is 10.2. The van der Waals surface area contributed by atoms with Crippen LogP contribution >= 0.6 is 22.6 Å². The highest BCUT2D eigenvalue weighted by Crippen LogP contribution is 2.19. The minimum absolute atomic E-state index is 0.413. The maximum absolute atomic E-state index is 11.9. The van der Waals surface area contributed by atoms with E-state index in [1.165, 1.54) is 0 Å². The molecule has 0 aliphatic rings. The van der Waals surface area contributed by atoms with Crippen LogP contribution in [-0.4, -0.2) is 11.8 Å². The van der Waals surface area contributed by atoms with E-state index in [4.69, 9.17) is 5.73 Å². The zero-order valence-electron chi connectivity index (χ0n) is 11.3. The van der Waals surface area contributed by atoms with E-state index in [-0.39, 0.29) is 0 Å². The number of carbonyl (C=O) groups is 2. The van der Waals surface area contributed by atoms with Gasteiger partial charge in [-0.25, -0.2) is 0 Å². The molecular weight excluding hydrogens is 381 g/mol. The molecule has 0 radical (unpaired) electrons. The van der Waals surface area contributed by atoms with E-state index in [0.29, 0.717) is 17.1 Å². The lowest BCUT2D eigenvalue weighted by molar-refractivity contribution is -0.132. The standard InChI is InChI=1S/C15H14IN3O2/c1-9-2-7-12(17)13(8-9)19-15(21)14(20)18-11-5-3-10(16)4-6-11/h2-8H,17H2,1H3,(H,18,20)(H,19,21). The van der Waals surface area contributed by atoms with E-state index in [1.807, 2.05) is 25.1 Å². The molecule has 0 aliphatic heterocycles. The Morgan fingerprint density at radius 1 is 1.00 bits per heavy atom. The summed E-state index contributed by atoms with van der Waals surface area (Å²) >= 11 is 2.16. The van der Waals surface area contributed by atoms with E-state index in [0.717, 1.165) is 9.13 Å². The van der Waals surface area contributed by atoms with Crippen LogP contribution in [0.2, 0.25) is 0 Å². The first kappa shape index (κ1) is 15.3. The molecule has 0 saturated carbocycles. The van der Waals surface area contributed by atoms with Crippen LogP contribution in [0.25, 0.3) is 0 Å². The van der Waals surface area contributed by atoms with Crippen molar-refractivity contribution in [1.29, 1.82) is 0 Å². The van der Waals surface area contributed by atoms with E-state index in [9.17, 15) is 9.59 Å². The molecule has 0 unspecified atom stereocenters. The predicted octanol–water partition coefficient (Wildman–Crippen LogP) is 2.76. The van der Waals surface area contributed by atoms with Gasteiger partial charge in [0.15, 0.2) is 0 Å². The van der Waals surface area contributed by atoms with Crippen molar-refractivity contribution in [2.24, 2.45) is 0 Å². The van der Waals surface area contributed by atoms with Gasteiger partial charge in [-0.3, -0.25) is 9.59 Å². The number of hydrogen-bond donors (Lipinski definition) is 3. The second-order valence-corrected chi connectivity index (χ2v) is 5.75. The summed E-state index contributed by atoms with van der Waals surface area (Å²) in [4.78, 5) is 23.7. The van der Waals surface area contributed by atoms with Gasteiger partial charge in [-0.1, -0.05) is 6.07 Å². The number of rotatable bonds is 2. The fraction of sp³-hybridized carbons (Fsp3) is 0.0667. The molecule has 2 aromatic rings. The number of anilines is 3. The third-order valence-electron chi connectivity index (χ3n) is 2.77. The summed E-state index contributed by atoms with van der Waals surface area (Å²) in [6, 6.07) is 12.4. The van der Waals surface area contributed by atoms with Crippen molar-refractivity contribution in [1.82, 2.24) is 0 Å². The highest BCUT2D eigenvalue weighted by Gasteiger charge is 2.15.